The summed E-state index contributed by atoms with van der Waals surface area (Å²) in [4.78, 5) is 0. The summed E-state index contributed by atoms with van der Waals surface area (Å²) in [6, 6.07) is 11.2. The summed E-state index contributed by atoms with van der Waals surface area (Å²) in [6.45, 7) is 1.00. The van der Waals surface area contributed by atoms with Crippen LogP contribution in [0.3, 0.4) is 0 Å². The van der Waals surface area contributed by atoms with Gasteiger partial charge in [0.2, 0.25) is 0 Å². The zero-order valence-electron chi connectivity index (χ0n) is 8.36. The Balaban J connectivity index is 2.08. The van der Waals surface area contributed by atoms with Crippen molar-refractivity contribution in [3.63, 3.8) is 0 Å². The van der Waals surface area contributed by atoms with E-state index in [0.29, 0.717) is 0 Å². The van der Waals surface area contributed by atoms with Gasteiger partial charge in [-0.3, -0.25) is 0 Å². The van der Waals surface area contributed by atoms with E-state index in [1.807, 2.05) is 18.2 Å². The molecule has 0 saturated heterocycles. The van der Waals surface area contributed by atoms with Crippen molar-refractivity contribution in [1.82, 2.24) is 4.57 Å². The first-order chi connectivity index (χ1) is 7.36. The molecule has 1 aromatic carbocycles. The molecule has 15 heavy (non-hydrogen) atoms. The van der Waals surface area contributed by atoms with Crippen LogP contribution in [0.25, 0.3) is 0 Å². The van der Waals surface area contributed by atoms with Crippen LogP contribution in [0.15, 0.2) is 42.6 Å². The largest absolute Gasteiger partial charge is 0.351 e. The van der Waals surface area contributed by atoms with E-state index in [1.165, 1.54) is 5.69 Å². The molecule has 1 unspecified atom stereocenters. The van der Waals surface area contributed by atoms with Crippen molar-refractivity contribution in [1.29, 1.82) is 0 Å². The summed E-state index contributed by atoms with van der Waals surface area (Å²) in [5.74, 6) is 0.151. The summed E-state index contributed by atoms with van der Waals surface area (Å²) in [5.41, 5.74) is 2.06. The van der Waals surface area contributed by atoms with Crippen molar-refractivity contribution in [2.24, 2.45) is 0 Å². The third kappa shape index (κ3) is 1.29. The third-order valence-corrected chi connectivity index (χ3v) is 3.16. The van der Waals surface area contributed by atoms with E-state index in [9.17, 15) is 4.39 Å². The maximum Gasteiger partial charge on any atom is 0.127 e. The molecule has 1 nitrogen and oxygen atoms in total. The highest BCUT2D eigenvalue weighted by Gasteiger charge is 2.25. The smallest absolute Gasteiger partial charge is 0.127 e. The first-order valence-corrected chi connectivity index (χ1v) is 5.26. The van der Waals surface area contributed by atoms with Gasteiger partial charge in [0, 0.05) is 24.4 Å². The predicted molar refractivity (Wildman–Crippen MR) is 57.3 cm³/mol. The maximum atomic E-state index is 13.6. The lowest BCUT2D eigenvalue weighted by atomic mass is 9.94. The molecule has 0 amide bonds. The van der Waals surface area contributed by atoms with Gasteiger partial charge in [-0.1, -0.05) is 18.2 Å². The number of hydrogen-bond donors (Lipinski definition) is 0. The number of fused-ring (bicyclic) bond motifs is 1. The Labute approximate surface area is 88.2 Å². The van der Waals surface area contributed by atoms with Crippen LogP contribution in [0.2, 0.25) is 0 Å². The van der Waals surface area contributed by atoms with Gasteiger partial charge in [-0.2, -0.15) is 0 Å². The van der Waals surface area contributed by atoms with Crippen LogP contribution in [0.5, 0.6) is 0 Å². The number of hydrogen-bond acceptors (Lipinski definition) is 0. The van der Waals surface area contributed by atoms with Gasteiger partial charge in [-0.25, -0.2) is 4.39 Å². The predicted octanol–water partition coefficient (Wildman–Crippen LogP) is 3.16. The van der Waals surface area contributed by atoms with Gasteiger partial charge in [0.05, 0.1) is 0 Å². The van der Waals surface area contributed by atoms with Gasteiger partial charge in [-0.15, -0.1) is 0 Å². The van der Waals surface area contributed by atoms with Gasteiger partial charge in [-0.05, 0) is 30.2 Å². The first-order valence-electron chi connectivity index (χ1n) is 5.26. The van der Waals surface area contributed by atoms with Crippen molar-refractivity contribution < 1.29 is 4.39 Å². The number of rotatable bonds is 1. The Kier molecular flexibility index (Phi) is 1.88. The number of benzene rings is 1. The van der Waals surface area contributed by atoms with Crippen LogP contribution in [-0.2, 0) is 6.54 Å². The third-order valence-electron chi connectivity index (χ3n) is 3.16. The van der Waals surface area contributed by atoms with E-state index in [0.717, 1.165) is 18.5 Å². The Hall–Kier alpha value is -1.57. The quantitative estimate of drug-likeness (QED) is 0.668. The maximum absolute atomic E-state index is 13.6. The topological polar surface area (TPSA) is 4.93 Å². The second-order valence-corrected chi connectivity index (χ2v) is 3.99. The standard InChI is InChI=1S/C13H12FN/c14-12-5-2-1-4-10(12)11-7-9-15-8-3-6-13(11)15/h1-6,8,11H,7,9H2. The van der Waals surface area contributed by atoms with Crippen LogP contribution in [0.1, 0.15) is 23.6 Å². The summed E-state index contributed by atoms with van der Waals surface area (Å²) in [7, 11) is 0. The minimum Gasteiger partial charge on any atom is -0.351 e. The Morgan fingerprint density at radius 1 is 1.13 bits per heavy atom. The SMILES string of the molecule is Fc1ccccc1C1CCn2cccc21. The fourth-order valence-corrected chi connectivity index (χ4v) is 2.44. The average molecular weight is 201 g/mol. The minimum absolute atomic E-state index is 0.0860. The van der Waals surface area contributed by atoms with Gasteiger partial charge in [0.25, 0.3) is 0 Å². The van der Waals surface area contributed by atoms with Gasteiger partial charge in [0.1, 0.15) is 5.82 Å². The highest BCUT2D eigenvalue weighted by Crippen LogP contribution is 2.35. The van der Waals surface area contributed by atoms with Crippen molar-refractivity contribution in [2.75, 3.05) is 0 Å². The number of aromatic nitrogens is 1. The normalized spacial score (nSPS) is 19.1. The molecule has 3 rings (SSSR count). The van der Waals surface area contributed by atoms with Crippen LogP contribution in [0, 0.1) is 5.82 Å². The molecule has 0 spiro atoms. The van der Waals surface area contributed by atoms with Gasteiger partial charge >= 0.3 is 0 Å². The molecule has 1 atom stereocenters. The molecule has 2 heteroatoms. The molecule has 1 aromatic heterocycles. The molecular weight excluding hydrogens is 189 g/mol. The average Bonchev–Trinajstić information content (AvgIpc) is 2.80. The molecule has 0 bridgehead atoms. The monoisotopic (exact) mass is 201 g/mol. The highest BCUT2D eigenvalue weighted by molar-refractivity contribution is 5.32. The van der Waals surface area contributed by atoms with E-state index in [2.05, 4.69) is 16.8 Å². The molecule has 1 aliphatic heterocycles. The number of halogens is 1. The minimum atomic E-state index is -0.0860. The molecule has 0 N–H and O–H groups in total. The fraction of sp³-hybridized carbons (Fsp3) is 0.231. The lowest BCUT2D eigenvalue weighted by Gasteiger charge is -2.10. The summed E-state index contributed by atoms with van der Waals surface area (Å²) in [6.07, 6.45) is 3.08. The Morgan fingerprint density at radius 2 is 2.00 bits per heavy atom. The van der Waals surface area contributed by atoms with Crippen molar-refractivity contribution in [3.8, 4) is 0 Å². The van der Waals surface area contributed by atoms with Gasteiger partial charge in [0.15, 0.2) is 0 Å². The highest BCUT2D eigenvalue weighted by atomic mass is 19.1. The lowest BCUT2D eigenvalue weighted by Crippen LogP contribution is -1.99. The lowest BCUT2D eigenvalue weighted by molar-refractivity contribution is 0.594. The summed E-state index contributed by atoms with van der Waals surface area (Å²) in [5, 5.41) is 0. The Morgan fingerprint density at radius 3 is 2.87 bits per heavy atom. The van der Waals surface area contributed by atoms with Crippen molar-refractivity contribution >= 4 is 0 Å². The number of nitrogens with zero attached hydrogens (tertiary/aromatic N) is 1. The molecule has 0 aliphatic carbocycles. The van der Waals surface area contributed by atoms with Crippen molar-refractivity contribution in [2.45, 2.75) is 18.9 Å². The van der Waals surface area contributed by atoms with E-state index >= 15 is 0 Å². The molecular formula is C13H12FN. The summed E-state index contributed by atoms with van der Waals surface area (Å²) >= 11 is 0. The molecule has 0 radical (unpaired) electrons. The van der Waals surface area contributed by atoms with E-state index in [-0.39, 0.29) is 11.7 Å². The molecule has 2 aromatic rings. The summed E-state index contributed by atoms with van der Waals surface area (Å²) < 4.78 is 15.8. The second kappa shape index (κ2) is 3.23. The second-order valence-electron chi connectivity index (χ2n) is 3.99. The zero-order valence-corrected chi connectivity index (χ0v) is 8.36. The molecule has 2 heterocycles. The van der Waals surface area contributed by atoms with Crippen LogP contribution < -0.4 is 0 Å². The van der Waals surface area contributed by atoms with E-state index in [1.54, 1.807) is 12.1 Å². The number of aryl methyl sites for hydroxylation is 1. The van der Waals surface area contributed by atoms with Crippen LogP contribution >= 0.6 is 0 Å². The van der Waals surface area contributed by atoms with E-state index in [4.69, 9.17) is 0 Å². The van der Waals surface area contributed by atoms with Crippen molar-refractivity contribution in [3.05, 3.63) is 59.7 Å². The molecule has 0 saturated carbocycles. The Bertz CT molecular complexity index is 487. The fourth-order valence-electron chi connectivity index (χ4n) is 2.44. The zero-order chi connectivity index (χ0) is 10.3. The molecule has 1 aliphatic rings. The van der Waals surface area contributed by atoms with Gasteiger partial charge < -0.3 is 4.57 Å². The first kappa shape index (κ1) is 8.72. The molecule has 0 fully saturated rings. The molecule has 76 valence electrons. The van der Waals surface area contributed by atoms with E-state index < -0.39 is 0 Å². The van der Waals surface area contributed by atoms with Crippen LogP contribution in [0.4, 0.5) is 4.39 Å². The van der Waals surface area contributed by atoms with Crippen LogP contribution in [-0.4, -0.2) is 4.57 Å².